The zero-order valence-electron chi connectivity index (χ0n) is 7.81. The lowest BCUT2D eigenvalue weighted by atomic mass is 10.3. The van der Waals surface area contributed by atoms with Gasteiger partial charge in [-0.1, -0.05) is 0 Å². The van der Waals surface area contributed by atoms with Crippen molar-refractivity contribution < 1.29 is 9.90 Å². The molecule has 5 heteroatoms. The van der Waals surface area contributed by atoms with E-state index in [1.165, 1.54) is 5.56 Å². The molecule has 0 fully saturated rings. The molecule has 0 aliphatic carbocycles. The topological polar surface area (TPSA) is 40.5 Å². The zero-order valence-corrected chi connectivity index (χ0v) is 9.38. The monoisotopic (exact) mass is 233 g/mol. The smallest absolute Gasteiger partial charge is 0.322 e. The highest BCUT2D eigenvalue weighted by atomic mass is 35.5. The molecule has 1 rings (SSSR count). The summed E-state index contributed by atoms with van der Waals surface area (Å²) in [5, 5.41) is 11.8. The van der Waals surface area contributed by atoms with Crippen molar-refractivity contribution in [2.45, 2.75) is 11.9 Å². The van der Waals surface area contributed by atoms with Crippen LogP contribution in [0, 0.1) is 0 Å². The highest BCUT2D eigenvalue weighted by Crippen LogP contribution is 2.09. The van der Waals surface area contributed by atoms with Crippen LogP contribution in [0.15, 0.2) is 16.8 Å². The Kier molecular flexibility index (Phi) is 4.38. The molecule has 0 aliphatic heterocycles. The number of hydrogen-bond acceptors (Lipinski definition) is 3. The molecule has 1 unspecified atom stereocenters. The number of rotatable bonds is 5. The van der Waals surface area contributed by atoms with Crippen molar-refractivity contribution in [2.75, 3.05) is 13.6 Å². The van der Waals surface area contributed by atoms with Gasteiger partial charge in [-0.05, 0) is 29.4 Å². The fourth-order valence-electron chi connectivity index (χ4n) is 1.11. The number of nitrogens with zero attached hydrogens (tertiary/aromatic N) is 1. The first kappa shape index (κ1) is 11.5. The Morgan fingerprint density at radius 2 is 2.50 bits per heavy atom. The van der Waals surface area contributed by atoms with Crippen molar-refractivity contribution in [3.63, 3.8) is 0 Å². The summed E-state index contributed by atoms with van der Waals surface area (Å²) in [5.41, 5.74) is 1.19. The highest BCUT2D eigenvalue weighted by Gasteiger charge is 2.15. The van der Waals surface area contributed by atoms with Gasteiger partial charge in [-0.2, -0.15) is 11.3 Å². The van der Waals surface area contributed by atoms with Crippen molar-refractivity contribution in [1.29, 1.82) is 0 Å². The Hall–Kier alpha value is -0.580. The van der Waals surface area contributed by atoms with Gasteiger partial charge in [-0.15, -0.1) is 11.6 Å². The number of halogens is 1. The standard InChI is InChI=1S/C9H12ClNO2S/c1-11(5-8(10)9(12)13)4-7-2-3-14-6-7/h2-3,6,8H,4-5H2,1H3,(H,12,13). The minimum absolute atomic E-state index is 0.354. The Balaban J connectivity index is 2.36. The predicted octanol–water partition coefficient (Wildman–Crippen LogP) is 1.87. The second-order valence-corrected chi connectivity index (χ2v) is 4.44. The van der Waals surface area contributed by atoms with E-state index in [9.17, 15) is 4.79 Å². The fraction of sp³-hybridized carbons (Fsp3) is 0.444. The number of thiophene rings is 1. The molecule has 3 nitrogen and oxygen atoms in total. The van der Waals surface area contributed by atoms with E-state index in [4.69, 9.17) is 16.7 Å². The molecule has 14 heavy (non-hydrogen) atoms. The number of alkyl halides is 1. The van der Waals surface area contributed by atoms with E-state index in [0.717, 1.165) is 6.54 Å². The first-order chi connectivity index (χ1) is 6.59. The van der Waals surface area contributed by atoms with Crippen LogP contribution in [0.2, 0.25) is 0 Å². The third-order valence-corrected chi connectivity index (χ3v) is 2.83. The van der Waals surface area contributed by atoms with Crippen molar-refractivity contribution in [3.05, 3.63) is 22.4 Å². The lowest BCUT2D eigenvalue weighted by molar-refractivity contribution is -0.136. The summed E-state index contributed by atoms with van der Waals surface area (Å²) in [4.78, 5) is 12.4. The number of hydrogen-bond donors (Lipinski definition) is 1. The van der Waals surface area contributed by atoms with E-state index in [2.05, 4.69) is 0 Å². The van der Waals surface area contributed by atoms with Crippen LogP contribution in [0.25, 0.3) is 0 Å². The molecule has 0 aromatic carbocycles. The van der Waals surface area contributed by atoms with Crippen molar-refractivity contribution in [2.24, 2.45) is 0 Å². The maximum atomic E-state index is 10.5. The van der Waals surface area contributed by atoms with Crippen LogP contribution in [-0.2, 0) is 11.3 Å². The minimum Gasteiger partial charge on any atom is -0.480 e. The molecule has 0 saturated heterocycles. The van der Waals surface area contributed by atoms with E-state index >= 15 is 0 Å². The van der Waals surface area contributed by atoms with Gasteiger partial charge in [0.15, 0.2) is 0 Å². The Bertz CT molecular complexity index is 289. The Morgan fingerprint density at radius 1 is 1.79 bits per heavy atom. The summed E-state index contributed by atoms with van der Waals surface area (Å²) in [6.07, 6.45) is 0. The molecule has 1 N–H and O–H groups in total. The zero-order chi connectivity index (χ0) is 10.6. The van der Waals surface area contributed by atoms with E-state index in [1.54, 1.807) is 11.3 Å². The quantitative estimate of drug-likeness (QED) is 0.790. The number of carboxylic acids is 1. The van der Waals surface area contributed by atoms with Crippen LogP contribution >= 0.6 is 22.9 Å². The first-order valence-electron chi connectivity index (χ1n) is 4.16. The Morgan fingerprint density at radius 3 is 3.00 bits per heavy atom. The summed E-state index contributed by atoms with van der Waals surface area (Å²) in [5.74, 6) is -0.969. The van der Waals surface area contributed by atoms with Crippen molar-refractivity contribution in [3.8, 4) is 0 Å². The van der Waals surface area contributed by atoms with Crippen LogP contribution < -0.4 is 0 Å². The summed E-state index contributed by atoms with van der Waals surface area (Å²) in [7, 11) is 1.86. The first-order valence-corrected chi connectivity index (χ1v) is 5.54. The molecule has 1 atom stereocenters. The summed E-state index contributed by atoms with van der Waals surface area (Å²) in [6.45, 7) is 1.09. The number of carbonyl (C=O) groups is 1. The SMILES string of the molecule is CN(Cc1ccsc1)CC(Cl)C(=O)O. The second-order valence-electron chi connectivity index (χ2n) is 3.13. The van der Waals surface area contributed by atoms with Crippen LogP contribution in [0.1, 0.15) is 5.56 Å². The lowest BCUT2D eigenvalue weighted by Crippen LogP contribution is -2.30. The molecule has 78 valence electrons. The van der Waals surface area contributed by atoms with Gasteiger partial charge in [0.25, 0.3) is 0 Å². The van der Waals surface area contributed by atoms with Gasteiger partial charge in [0.05, 0.1) is 0 Å². The predicted molar refractivity (Wildman–Crippen MR) is 57.9 cm³/mol. The number of carboxylic acid groups (broad SMARTS) is 1. The minimum atomic E-state index is -0.969. The molecule has 1 aromatic rings. The van der Waals surface area contributed by atoms with E-state index in [-0.39, 0.29) is 0 Å². The molecule has 1 aromatic heterocycles. The Labute approximate surface area is 91.9 Å². The maximum Gasteiger partial charge on any atom is 0.322 e. The largest absolute Gasteiger partial charge is 0.480 e. The second kappa shape index (κ2) is 5.34. The van der Waals surface area contributed by atoms with E-state index < -0.39 is 11.3 Å². The lowest BCUT2D eigenvalue weighted by Gasteiger charge is -2.16. The van der Waals surface area contributed by atoms with Crippen LogP contribution in [0.4, 0.5) is 0 Å². The summed E-state index contributed by atoms with van der Waals surface area (Å²) in [6, 6.07) is 2.02. The van der Waals surface area contributed by atoms with E-state index in [1.807, 2.05) is 28.8 Å². The van der Waals surface area contributed by atoms with Gasteiger partial charge in [-0.25, -0.2) is 0 Å². The molecule has 1 heterocycles. The fourth-order valence-corrected chi connectivity index (χ4v) is 2.01. The van der Waals surface area contributed by atoms with Crippen LogP contribution in [0.3, 0.4) is 0 Å². The molecular weight excluding hydrogens is 222 g/mol. The van der Waals surface area contributed by atoms with Gasteiger partial charge in [0, 0.05) is 13.1 Å². The molecule has 0 radical (unpaired) electrons. The third-order valence-electron chi connectivity index (χ3n) is 1.77. The van der Waals surface area contributed by atoms with E-state index in [0.29, 0.717) is 6.54 Å². The van der Waals surface area contributed by atoms with Gasteiger partial charge in [0.1, 0.15) is 5.38 Å². The summed E-state index contributed by atoms with van der Waals surface area (Å²) < 4.78 is 0. The van der Waals surface area contributed by atoms with Crippen LogP contribution in [-0.4, -0.2) is 34.9 Å². The van der Waals surface area contributed by atoms with Gasteiger partial charge < -0.3 is 10.0 Å². The molecule has 0 saturated carbocycles. The third kappa shape index (κ3) is 3.65. The van der Waals surface area contributed by atoms with Gasteiger partial charge >= 0.3 is 5.97 Å². The average Bonchev–Trinajstić information content (AvgIpc) is 2.56. The van der Waals surface area contributed by atoms with Gasteiger partial charge in [0.2, 0.25) is 0 Å². The number of aliphatic carboxylic acids is 1. The molecule has 0 bridgehead atoms. The van der Waals surface area contributed by atoms with Crippen molar-refractivity contribution in [1.82, 2.24) is 4.90 Å². The highest BCUT2D eigenvalue weighted by molar-refractivity contribution is 7.07. The summed E-state index contributed by atoms with van der Waals surface area (Å²) >= 11 is 7.24. The normalized spacial score (nSPS) is 13.1. The molecule has 0 aliphatic rings. The maximum absolute atomic E-state index is 10.5. The average molecular weight is 234 g/mol. The molecular formula is C9H12ClNO2S. The van der Waals surface area contributed by atoms with Gasteiger partial charge in [-0.3, -0.25) is 4.79 Å². The molecule has 0 spiro atoms. The van der Waals surface area contributed by atoms with Crippen molar-refractivity contribution >= 4 is 28.9 Å². The van der Waals surface area contributed by atoms with Crippen LogP contribution in [0.5, 0.6) is 0 Å². The molecule has 0 amide bonds.